The lowest BCUT2D eigenvalue weighted by molar-refractivity contribution is -0.131. The van der Waals surface area contributed by atoms with Crippen LogP contribution in [0.2, 0.25) is 0 Å². The lowest BCUT2D eigenvalue weighted by atomic mass is 9.95. The van der Waals surface area contributed by atoms with Gasteiger partial charge in [-0.1, -0.05) is 19.3 Å². The molecule has 2 aliphatic rings. The Labute approximate surface area is 113 Å². The van der Waals surface area contributed by atoms with Crippen LogP contribution in [0.15, 0.2) is 0 Å². The molecule has 1 atom stereocenters. The molecule has 19 heavy (non-hydrogen) atoms. The largest absolute Gasteiger partial charge is 0.352 e. The van der Waals surface area contributed by atoms with Gasteiger partial charge in [0.1, 0.15) is 6.04 Å². The molecule has 1 aliphatic carbocycles. The number of amides is 2. The molecule has 1 aliphatic heterocycles. The summed E-state index contributed by atoms with van der Waals surface area (Å²) < 4.78 is 23.9. The maximum atomic E-state index is 12.1. The van der Waals surface area contributed by atoms with Crippen molar-refractivity contribution in [3.63, 3.8) is 0 Å². The second-order valence-electron chi connectivity index (χ2n) is 5.35. The first-order valence-electron chi connectivity index (χ1n) is 6.72. The average molecular weight is 288 g/mol. The molecule has 0 aromatic carbocycles. The van der Waals surface area contributed by atoms with E-state index in [1.54, 1.807) is 0 Å². The van der Waals surface area contributed by atoms with E-state index in [1.807, 2.05) is 0 Å². The molecule has 6 nitrogen and oxygen atoms in total. The fraction of sp³-hybridized carbons (Fsp3) is 0.833. The van der Waals surface area contributed by atoms with Gasteiger partial charge in [-0.15, -0.1) is 0 Å². The monoisotopic (exact) mass is 288 g/mol. The summed E-state index contributed by atoms with van der Waals surface area (Å²) in [7, 11) is -3.66. The van der Waals surface area contributed by atoms with Gasteiger partial charge in [-0.3, -0.25) is 9.59 Å². The molecule has 0 aromatic heterocycles. The predicted octanol–water partition coefficient (Wildman–Crippen LogP) is 0.386. The van der Waals surface area contributed by atoms with Crippen LogP contribution in [0.5, 0.6) is 0 Å². The van der Waals surface area contributed by atoms with Gasteiger partial charge in [0.15, 0.2) is 0 Å². The van der Waals surface area contributed by atoms with E-state index in [0.717, 1.165) is 36.2 Å². The van der Waals surface area contributed by atoms with Crippen LogP contribution in [0.4, 0.5) is 0 Å². The highest BCUT2D eigenvalue weighted by Crippen LogP contribution is 2.23. The maximum Gasteiger partial charge on any atom is 0.244 e. The topological polar surface area (TPSA) is 83.6 Å². The van der Waals surface area contributed by atoms with Crippen LogP contribution in [-0.4, -0.2) is 42.9 Å². The number of nitrogens with zero attached hydrogens (tertiary/aromatic N) is 1. The number of hydrogen-bond donors (Lipinski definition) is 1. The van der Waals surface area contributed by atoms with Gasteiger partial charge >= 0.3 is 0 Å². The van der Waals surface area contributed by atoms with Crippen LogP contribution >= 0.6 is 0 Å². The quantitative estimate of drug-likeness (QED) is 0.814. The van der Waals surface area contributed by atoms with E-state index >= 15 is 0 Å². The third-order valence-electron chi connectivity index (χ3n) is 3.77. The standard InChI is InChI=1S/C12H20N2O4S/c1-19(17,18)14-10(7-8-11(14)15)12(16)13-9-5-3-2-4-6-9/h9-10H,2-8H2,1H3,(H,13,16). The fourth-order valence-electron chi connectivity index (χ4n) is 2.86. The van der Waals surface area contributed by atoms with Crippen molar-refractivity contribution in [1.29, 1.82) is 0 Å². The van der Waals surface area contributed by atoms with Crippen molar-refractivity contribution in [3.05, 3.63) is 0 Å². The molecular formula is C12H20N2O4S. The molecule has 1 heterocycles. The highest BCUT2D eigenvalue weighted by Gasteiger charge is 2.42. The minimum Gasteiger partial charge on any atom is -0.352 e. The van der Waals surface area contributed by atoms with Crippen molar-refractivity contribution in [3.8, 4) is 0 Å². The first-order valence-corrected chi connectivity index (χ1v) is 8.57. The first-order chi connectivity index (χ1) is 8.89. The molecule has 1 saturated heterocycles. The maximum absolute atomic E-state index is 12.1. The summed E-state index contributed by atoms with van der Waals surface area (Å²) in [6.45, 7) is 0. The minimum atomic E-state index is -3.66. The van der Waals surface area contributed by atoms with Crippen molar-refractivity contribution < 1.29 is 18.0 Å². The lowest BCUT2D eigenvalue weighted by Crippen LogP contribution is -2.50. The Bertz CT molecular complexity index is 468. The highest BCUT2D eigenvalue weighted by molar-refractivity contribution is 7.89. The Morgan fingerprint density at radius 1 is 1.21 bits per heavy atom. The summed E-state index contributed by atoms with van der Waals surface area (Å²) in [6.07, 6.45) is 6.60. The second-order valence-corrected chi connectivity index (χ2v) is 7.21. The zero-order valence-electron chi connectivity index (χ0n) is 11.1. The van der Waals surface area contributed by atoms with Gasteiger partial charge in [-0.05, 0) is 19.3 Å². The van der Waals surface area contributed by atoms with E-state index < -0.39 is 22.0 Å². The third-order valence-corrected chi connectivity index (χ3v) is 4.94. The second kappa shape index (κ2) is 5.48. The van der Waals surface area contributed by atoms with E-state index in [-0.39, 0.29) is 24.8 Å². The average Bonchev–Trinajstić information content (AvgIpc) is 2.72. The van der Waals surface area contributed by atoms with Crippen molar-refractivity contribution in [2.75, 3.05) is 6.26 Å². The zero-order chi connectivity index (χ0) is 14.0. The molecule has 2 fully saturated rings. The number of carbonyl (C=O) groups is 2. The van der Waals surface area contributed by atoms with Gasteiger partial charge in [0, 0.05) is 12.5 Å². The summed E-state index contributed by atoms with van der Waals surface area (Å²) in [6, 6.07) is -0.734. The molecule has 7 heteroatoms. The van der Waals surface area contributed by atoms with E-state index in [4.69, 9.17) is 0 Å². The Hall–Kier alpha value is -1.11. The molecule has 2 rings (SSSR count). The molecule has 0 aromatic rings. The number of nitrogens with one attached hydrogen (secondary N) is 1. The molecule has 2 amide bonds. The van der Waals surface area contributed by atoms with E-state index in [9.17, 15) is 18.0 Å². The smallest absolute Gasteiger partial charge is 0.244 e. The number of carbonyl (C=O) groups excluding carboxylic acids is 2. The normalized spacial score (nSPS) is 25.6. The van der Waals surface area contributed by atoms with Crippen LogP contribution in [-0.2, 0) is 19.6 Å². The van der Waals surface area contributed by atoms with Gasteiger partial charge in [0.05, 0.1) is 6.26 Å². The molecular weight excluding hydrogens is 268 g/mol. The molecule has 1 saturated carbocycles. The lowest BCUT2D eigenvalue weighted by Gasteiger charge is -2.27. The van der Waals surface area contributed by atoms with Crippen LogP contribution in [0.1, 0.15) is 44.9 Å². The van der Waals surface area contributed by atoms with Gasteiger partial charge in [-0.25, -0.2) is 12.7 Å². The Morgan fingerprint density at radius 3 is 2.42 bits per heavy atom. The molecule has 0 radical (unpaired) electrons. The van der Waals surface area contributed by atoms with E-state index in [2.05, 4.69) is 5.32 Å². The van der Waals surface area contributed by atoms with Crippen molar-refractivity contribution in [2.24, 2.45) is 0 Å². The summed E-state index contributed by atoms with van der Waals surface area (Å²) in [5.41, 5.74) is 0. The van der Waals surface area contributed by atoms with Crippen molar-refractivity contribution in [2.45, 2.75) is 57.0 Å². The molecule has 0 spiro atoms. The molecule has 0 bridgehead atoms. The van der Waals surface area contributed by atoms with Crippen LogP contribution in [0, 0.1) is 0 Å². The zero-order valence-corrected chi connectivity index (χ0v) is 11.9. The molecule has 108 valence electrons. The molecule has 1 unspecified atom stereocenters. The van der Waals surface area contributed by atoms with Gasteiger partial charge < -0.3 is 5.32 Å². The Morgan fingerprint density at radius 2 is 1.84 bits per heavy atom. The highest BCUT2D eigenvalue weighted by atomic mass is 32.2. The number of rotatable bonds is 3. The fourth-order valence-corrected chi connectivity index (χ4v) is 3.98. The van der Waals surface area contributed by atoms with Gasteiger partial charge in [-0.2, -0.15) is 0 Å². The summed E-state index contributed by atoms with van der Waals surface area (Å²) in [4.78, 5) is 23.7. The van der Waals surface area contributed by atoms with Crippen LogP contribution < -0.4 is 5.32 Å². The Balaban J connectivity index is 2.03. The van der Waals surface area contributed by atoms with Crippen LogP contribution in [0.3, 0.4) is 0 Å². The third kappa shape index (κ3) is 3.26. The summed E-state index contributed by atoms with van der Waals surface area (Å²) >= 11 is 0. The summed E-state index contributed by atoms with van der Waals surface area (Å²) in [5.74, 6) is -0.811. The Kier molecular flexibility index (Phi) is 4.13. The van der Waals surface area contributed by atoms with Gasteiger partial charge in [0.2, 0.25) is 21.8 Å². The molecule has 1 N–H and O–H groups in total. The number of sulfonamides is 1. The SMILES string of the molecule is CS(=O)(=O)N1C(=O)CCC1C(=O)NC1CCCCC1. The van der Waals surface area contributed by atoms with E-state index in [0.29, 0.717) is 0 Å². The van der Waals surface area contributed by atoms with Crippen molar-refractivity contribution >= 4 is 21.8 Å². The van der Waals surface area contributed by atoms with Gasteiger partial charge in [0.25, 0.3) is 0 Å². The number of hydrogen-bond acceptors (Lipinski definition) is 4. The minimum absolute atomic E-state index is 0.121. The van der Waals surface area contributed by atoms with Crippen molar-refractivity contribution in [1.82, 2.24) is 9.62 Å². The first kappa shape index (κ1) is 14.3. The summed E-state index contributed by atoms with van der Waals surface area (Å²) in [5, 5.41) is 2.89. The van der Waals surface area contributed by atoms with Crippen LogP contribution in [0.25, 0.3) is 0 Å². The van der Waals surface area contributed by atoms with E-state index in [1.165, 1.54) is 6.42 Å². The predicted molar refractivity (Wildman–Crippen MR) is 69.7 cm³/mol.